The second-order valence-corrected chi connectivity index (χ2v) is 5.35. The Morgan fingerprint density at radius 2 is 2.10 bits per heavy atom. The highest BCUT2D eigenvalue weighted by molar-refractivity contribution is 6.32. The van der Waals surface area contributed by atoms with Crippen LogP contribution in [-0.2, 0) is 11.3 Å². The van der Waals surface area contributed by atoms with Gasteiger partial charge in [0.25, 0.3) is 0 Å². The second kappa shape index (κ2) is 6.81. The number of benzene rings is 1. The summed E-state index contributed by atoms with van der Waals surface area (Å²) in [6, 6.07) is 3.51. The van der Waals surface area contributed by atoms with Crippen LogP contribution >= 0.6 is 11.6 Å². The third-order valence-electron chi connectivity index (χ3n) is 2.62. The van der Waals surface area contributed by atoms with Crippen molar-refractivity contribution in [3.63, 3.8) is 0 Å². The third-order valence-corrected chi connectivity index (χ3v) is 2.90. The van der Waals surface area contributed by atoms with Gasteiger partial charge >= 0.3 is 0 Å². The molecule has 0 radical (unpaired) electrons. The zero-order valence-corrected chi connectivity index (χ0v) is 13.0. The van der Waals surface area contributed by atoms with Crippen LogP contribution in [0.2, 0.25) is 5.02 Å². The Bertz CT molecular complexity index is 484. The molecule has 0 fully saturated rings. The number of nitrogens with one attached hydrogen (secondary N) is 1. The molecule has 0 atom stereocenters. The molecule has 0 aliphatic rings. The fraction of sp³-hybridized carbons (Fsp3) is 0.500. The van der Waals surface area contributed by atoms with Crippen molar-refractivity contribution in [3.05, 3.63) is 22.7 Å². The van der Waals surface area contributed by atoms with Gasteiger partial charge in [-0.25, -0.2) is 0 Å². The number of amides is 1. The smallest absolute Gasteiger partial charge is 0.239 e. The van der Waals surface area contributed by atoms with Gasteiger partial charge in [-0.3, -0.25) is 4.79 Å². The van der Waals surface area contributed by atoms with Crippen molar-refractivity contribution >= 4 is 17.5 Å². The highest BCUT2D eigenvalue weighted by atomic mass is 35.5. The Morgan fingerprint density at radius 3 is 2.60 bits per heavy atom. The first-order valence-electron chi connectivity index (χ1n) is 6.36. The van der Waals surface area contributed by atoms with Gasteiger partial charge in [0.2, 0.25) is 5.91 Å². The predicted molar refractivity (Wildman–Crippen MR) is 79.3 cm³/mol. The number of ether oxygens (including phenoxy) is 2. The Hall–Kier alpha value is -1.46. The molecule has 0 aliphatic heterocycles. The van der Waals surface area contributed by atoms with E-state index in [1.807, 2.05) is 6.92 Å². The number of nitrogens with two attached hydrogens (primary N) is 1. The lowest BCUT2D eigenvalue weighted by Gasteiger charge is -2.18. The monoisotopic (exact) mass is 300 g/mol. The number of hydrogen-bond donors (Lipinski definition) is 2. The van der Waals surface area contributed by atoms with E-state index in [1.54, 1.807) is 33.1 Å². The number of rotatable bonds is 6. The maximum atomic E-state index is 11.7. The Morgan fingerprint density at radius 1 is 1.45 bits per heavy atom. The number of hydrogen-bond acceptors (Lipinski definition) is 4. The molecule has 0 unspecified atom stereocenters. The topological polar surface area (TPSA) is 73.6 Å². The summed E-state index contributed by atoms with van der Waals surface area (Å²) in [5, 5.41) is 3.20. The summed E-state index contributed by atoms with van der Waals surface area (Å²) in [7, 11) is 1.54. The standard InChI is InChI=1S/C14H21ClN2O3/c1-5-20-12-10(15)6-9(7-11(12)19-4)8-17-13(18)14(2,3)16/h6-7H,5,8,16H2,1-4H3,(H,17,18). The van der Waals surface area contributed by atoms with Crippen LogP contribution in [0.15, 0.2) is 12.1 Å². The lowest BCUT2D eigenvalue weighted by Crippen LogP contribution is -2.48. The van der Waals surface area contributed by atoms with Gasteiger partial charge in [-0.1, -0.05) is 11.6 Å². The van der Waals surface area contributed by atoms with Crippen molar-refractivity contribution in [2.75, 3.05) is 13.7 Å². The molecule has 0 saturated heterocycles. The molecule has 1 aromatic carbocycles. The molecule has 1 aromatic rings. The van der Waals surface area contributed by atoms with E-state index in [4.69, 9.17) is 26.8 Å². The van der Waals surface area contributed by atoms with Gasteiger partial charge in [0, 0.05) is 6.54 Å². The lowest BCUT2D eigenvalue weighted by molar-refractivity contribution is -0.125. The van der Waals surface area contributed by atoms with Crippen molar-refractivity contribution in [2.24, 2.45) is 5.73 Å². The first kappa shape index (κ1) is 16.6. The average Bonchev–Trinajstić information content (AvgIpc) is 2.37. The largest absolute Gasteiger partial charge is 0.493 e. The fourth-order valence-corrected chi connectivity index (χ4v) is 1.86. The maximum Gasteiger partial charge on any atom is 0.239 e. The minimum Gasteiger partial charge on any atom is -0.493 e. The molecule has 0 spiro atoms. The molecule has 3 N–H and O–H groups in total. The third kappa shape index (κ3) is 4.28. The Labute approximate surface area is 124 Å². The summed E-state index contributed by atoms with van der Waals surface area (Å²) >= 11 is 6.15. The van der Waals surface area contributed by atoms with Crippen LogP contribution in [0.1, 0.15) is 26.3 Å². The molecule has 6 heteroatoms. The molecule has 0 heterocycles. The van der Waals surface area contributed by atoms with Crippen molar-refractivity contribution in [2.45, 2.75) is 32.9 Å². The van der Waals surface area contributed by atoms with Gasteiger partial charge in [0.15, 0.2) is 11.5 Å². The zero-order chi connectivity index (χ0) is 15.3. The van der Waals surface area contributed by atoms with E-state index in [2.05, 4.69) is 5.32 Å². The highest BCUT2D eigenvalue weighted by Gasteiger charge is 2.21. The van der Waals surface area contributed by atoms with Crippen LogP contribution in [0.5, 0.6) is 11.5 Å². The summed E-state index contributed by atoms with van der Waals surface area (Å²) in [6.45, 7) is 5.98. The van der Waals surface area contributed by atoms with Gasteiger partial charge < -0.3 is 20.5 Å². The highest BCUT2D eigenvalue weighted by Crippen LogP contribution is 2.36. The second-order valence-electron chi connectivity index (χ2n) is 4.95. The molecule has 112 valence electrons. The summed E-state index contributed by atoms with van der Waals surface area (Å²) in [6.07, 6.45) is 0. The van der Waals surface area contributed by atoms with Crippen LogP contribution in [-0.4, -0.2) is 25.2 Å². The predicted octanol–water partition coefficient (Wildman–Crippen LogP) is 2.10. The van der Waals surface area contributed by atoms with E-state index in [1.165, 1.54) is 0 Å². The van der Waals surface area contributed by atoms with E-state index in [0.717, 1.165) is 5.56 Å². The zero-order valence-electron chi connectivity index (χ0n) is 12.2. The average molecular weight is 301 g/mol. The summed E-state index contributed by atoms with van der Waals surface area (Å²) in [5.41, 5.74) is 5.61. The summed E-state index contributed by atoms with van der Waals surface area (Å²) < 4.78 is 10.7. The molecular weight excluding hydrogens is 280 g/mol. The number of halogens is 1. The molecule has 20 heavy (non-hydrogen) atoms. The van der Waals surface area contributed by atoms with Gasteiger partial charge in [0.05, 0.1) is 24.3 Å². The van der Waals surface area contributed by atoms with E-state index in [-0.39, 0.29) is 5.91 Å². The molecule has 0 aromatic heterocycles. The molecular formula is C14H21ClN2O3. The van der Waals surface area contributed by atoms with Crippen LogP contribution < -0.4 is 20.5 Å². The van der Waals surface area contributed by atoms with E-state index < -0.39 is 5.54 Å². The number of methoxy groups -OCH3 is 1. The van der Waals surface area contributed by atoms with E-state index >= 15 is 0 Å². The van der Waals surface area contributed by atoms with Crippen molar-refractivity contribution in [3.8, 4) is 11.5 Å². The Kier molecular flexibility index (Phi) is 5.65. The van der Waals surface area contributed by atoms with Crippen LogP contribution in [0, 0.1) is 0 Å². The molecule has 1 amide bonds. The molecule has 0 bridgehead atoms. The van der Waals surface area contributed by atoms with Gasteiger partial charge in [-0.05, 0) is 38.5 Å². The fourth-order valence-electron chi connectivity index (χ4n) is 1.57. The normalized spacial score (nSPS) is 11.1. The van der Waals surface area contributed by atoms with Gasteiger partial charge in [-0.15, -0.1) is 0 Å². The molecule has 5 nitrogen and oxygen atoms in total. The van der Waals surface area contributed by atoms with Crippen molar-refractivity contribution in [1.29, 1.82) is 0 Å². The van der Waals surface area contributed by atoms with Gasteiger partial charge in [-0.2, -0.15) is 0 Å². The van der Waals surface area contributed by atoms with Crippen LogP contribution in [0.4, 0.5) is 0 Å². The van der Waals surface area contributed by atoms with Crippen LogP contribution in [0.3, 0.4) is 0 Å². The molecule has 1 rings (SSSR count). The molecule has 0 saturated carbocycles. The minimum atomic E-state index is -0.918. The first-order valence-corrected chi connectivity index (χ1v) is 6.73. The van der Waals surface area contributed by atoms with Crippen molar-refractivity contribution in [1.82, 2.24) is 5.32 Å². The SMILES string of the molecule is CCOc1c(Cl)cc(CNC(=O)C(C)(C)N)cc1OC. The van der Waals surface area contributed by atoms with Crippen LogP contribution in [0.25, 0.3) is 0 Å². The first-order chi connectivity index (χ1) is 9.29. The minimum absolute atomic E-state index is 0.235. The van der Waals surface area contributed by atoms with Gasteiger partial charge in [0.1, 0.15) is 0 Å². The summed E-state index contributed by atoms with van der Waals surface area (Å²) in [4.78, 5) is 11.7. The lowest BCUT2D eigenvalue weighted by atomic mass is 10.1. The molecule has 0 aliphatic carbocycles. The number of carbonyl (C=O) groups is 1. The quantitative estimate of drug-likeness (QED) is 0.844. The maximum absolute atomic E-state index is 11.7. The van der Waals surface area contributed by atoms with E-state index in [0.29, 0.717) is 29.7 Å². The summed E-state index contributed by atoms with van der Waals surface area (Å²) in [5.74, 6) is 0.808. The number of carbonyl (C=O) groups excluding carboxylic acids is 1. The van der Waals surface area contributed by atoms with E-state index in [9.17, 15) is 4.79 Å². The Balaban J connectivity index is 2.87. The van der Waals surface area contributed by atoms with Crippen molar-refractivity contribution < 1.29 is 14.3 Å².